The molecule has 1 aromatic carbocycles. The summed E-state index contributed by atoms with van der Waals surface area (Å²) in [5, 5.41) is 44.1. The Kier molecular flexibility index (Phi) is 22.8. The van der Waals surface area contributed by atoms with Crippen molar-refractivity contribution in [1.82, 2.24) is 46.5 Å². The van der Waals surface area contributed by atoms with Gasteiger partial charge in [-0.25, -0.2) is 19.6 Å². The molecule has 0 aliphatic heterocycles. The van der Waals surface area contributed by atoms with E-state index in [1.807, 2.05) is 0 Å². The second kappa shape index (κ2) is 28.6. The minimum Gasteiger partial charge on any atom is -0.481 e. The quantitative estimate of drug-likeness (QED) is 0.0164. The van der Waals surface area contributed by atoms with E-state index in [2.05, 4.69) is 61.8 Å². The van der Waals surface area contributed by atoms with Crippen LogP contribution in [0.5, 0.6) is 0 Å². The van der Waals surface area contributed by atoms with Crippen molar-refractivity contribution in [3.63, 3.8) is 0 Å². The number of aliphatic imine (C=N–C) groups is 2. The molecule has 2 aromatic heterocycles. The van der Waals surface area contributed by atoms with Crippen LogP contribution in [0.15, 0.2) is 45.2 Å². The standard InChI is InChI=1S/C41H60N18O12/c42-14-2-1-5-25(37(68)69)57-34(65)24(7-4-16-49-40(45)46)54-33(64)23(6-3-15-48-39(43)44)55-35(66)27(17-29(61)62)53-28(60)13-12-26(38(70)71)56-32(63)20-8-10-21(11-9-20)50-18-22-19-51-31-30(52-22)36(67)59-41(47)58-31/h8-11,19,23-27,50H,1-7,12-18,42H2,(H,53,60)(H,54,64)(H,55,66)(H,56,63)(H,57,65)(H,61,62)(H,68,69)(H,70,71)(H4,43,44,48)(H4,45,46,49)(H3,47,51,58,59,67). The summed E-state index contributed by atoms with van der Waals surface area (Å²) in [5.74, 6) is -9.85. The minimum atomic E-state index is -1.83. The molecule has 71 heavy (non-hydrogen) atoms. The van der Waals surface area contributed by atoms with E-state index >= 15 is 0 Å². The van der Waals surface area contributed by atoms with Gasteiger partial charge in [0.2, 0.25) is 29.6 Å². The number of carbonyl (C=O) groups is 8. The zero-order chi connectivity index (χ0) is 52.6. The van der Waals surface area contributed by atoms with Crippen molar-refractivity contribution in [2.24, 2.45) is 38.7 Å². The van der Waals surface area contributed by atoms with Gasteiger partial charge in [-0.3, -0.25) is 48.5 Å². The molecule has 5 atom stereocenters. The SMILES string of the molecule is NCCCCC(NC(=O)C(CCCN=C(N)N)NC(=O)C(CCCN=C(N)N)NC(=O)C(CC(=O)O)NC(=O)CCC(NC(=O)c1ccc(NCc2cnc3nc(N)[nH]c(=O)c3n2)cc1)C(=O)O)C(=O)O. The number of hydrogen-bond donors (Lipinski definition) is 16. The smallest absolute Gasteiger partial charge is 0.326 e. The molecule has 0 fully saturated rings. The number of aliphatic carboxylic acids is 3. The summed E-state index contributed by atoms with van der Waals surface area (Å²) in [6, 6.07) is -1.89. The lowest BCUT2D eigenvalue weighted by atomic mass is 10.0. The Morgan fingerprint density at radius 3 is 1.73 bits per heavy atom. The zero-order valence-corrected chi connectivity index (χ0v) is 38.4. The van der Waals surface area contributed by atoms with Crippen LogP contribution < -0.4 is 71.9 Å². The summed E-state index contributed by atoms with van der Waals surface area (Å²) >= 11 is 0. The fourth-order valence-electron chi connectivity index (χ4n) is 6.52. The van der Waals surface area contributed by atoms with Gasteiger partial charge in [0.15, 0.2) is 23.1 Å². The van der Waals surface area contributed by atoms with Crippen LogP contribution in [0.3, 0.4) is 0 Å². The number of guanidine groups is 2. The molecule has 5 unspecified atom stereocenters. The second-order valence-corrected chi connectivity index (χ2v) is 15.7. The number of anilines is 2. The summed E-state index contributed by atoms with van der Waals surface area (Å²) in [5.41, 5.74) is 33.1. The Morgan fingerprint density at radius 2 is 1.20 bits per heavy atom. The third kappa shape index (κ3) is 20.2. The van der Waals surface area contributed by atoms with E-state index in [1.54, 1.807) is 0 Å². The number of nitrogens with one attached hydrogen (secondary N) is 7. The van der Waals surface area contributed by atoms with Crippen molar-refractivity contribution in [2.45, 2.75) is 101 Å². The lowest BCUT2D eigenvalue weighted by molar-refractivity contribution is -0.142. The van der Waals surface area contributed by atoms with Crippen molar-refractivity contribution in [3.05, 3.63) is 52.1 Å². The highest BCUT2D eigenvalue weighted by atomic mass is 16.4. The van der Waals surface area contributed by atoms with E-state index in [0.717, 1.165) is 0 Å². The number of carbonyl (C=O) groups excluding carboxylic acids is 5. The molecule has 5 amide bonds. The highest BCUT2D eigenvalue weighted by Gasteiger charge is 2.32. The average Bonchev–Trinajstić information content (AvgIpc) is 3.30. The molecule has 3 aromatic rings. The monoisotopic (exact) mass is 996 g/mol. The predicted molar refractivity (Wildman–Crippen MR) is 255 cm³/mol. The first-order chi connectivity index (χ1) is 33.7. The molecule has 0 aliphatic rings. The molecule has 0 saturated carbocycles. The number of fused-ring (bicyclic) bond motifs is 1. The number of rotatable bonds is 31. The number of nitrogens with zero attached hydrogens (tertiary/aromatic N) is 5. The number of benzene rings is 1. The van der Waals surface area contributed by atoms with Crippen molar-refractivity contribution in [1.29, 1.82) is 0 Å². The molecule has 22 N–H and O–H groups in total. The lowest BCUT2D eigenvalue weighted by Crippen LogP contribution is -2.58. The van der Waals surface area contributed by atoms with Gasteiger partial charge in [-0.05, 0) is 82.2 Å². The number of aromatic nitrogens is 4. The summed E-state index contributed by atoms with van der Waals surface area (Å²) in [6.45, 7) is 0.395. The normalized spacial score (nSPS) is 12.9. The van der Waals surface area contributed by atoms with Gasteiger partial charge in [0.1, 0.15) is 30.2 Å². The number of carboxylic acid groups (broad SMARTS) is 3. The topological polar surface area (TPSA) is 522 Å². The molecule has 0 bridgehead atoms. The van der Waals surface area contributed by atoms with E-state index in [0.29, 0.717) is 24.2 Å². The third-order valence-electron chi connectivity index (χ3n) is 10.1. The molecule has 30 nitrogen and oxygen atoms in total. The van der Waals surface area contributed by atoms with E-state index < -0.39 is 102 Å². The van der Waals surface area contributed by atoms with Crippen LogP contribution in [0.2, 0.25) is 0 Å². The maximum Gasteiger partial charge on any atom is 0.326 e. The molecule has 0 radical (unpaired) electrons. The van der Waals surface area contributed by atoms with Crippen LogP contribution in [0, 0.1) is 0 Å². The largest absolute Gasteiger partial charge is 0.481 e. The molecule has 386 valence electrons. The number of hydrogen-bond acceptors (Lipinski definition) is 17. The number of unbranched alkanes of at least 4 members (excludes halogenated alkanes) is 1. The van der Waals surface area contributed by atoms with Crippen molar-refractivity contribution >= 4 is 82.2 Å². The first-order valence-electron chi connectivity index (χ1n) is 22.0. The lowest BCUT2D eigenvalue weighted by Gasteiger charge is -2.26. The molecule has 30 heteroatoms. The van der Waals surface area contributed by atoms with E-state index in [-0.39, 0.29) is 92.9 Å². The van der Waals surface area contributed by atoms with Crippen LogP contribution in [0.4, 0.5) is 11.6 Å². The Balaban J connectivity index is 1.69. The number of nitrogen functional groups attached to an aromatic ring is 1. The molecule has 2 heterocycles. The van der Waals surface area contributed by atoms with Gasteiger partial charge in [0, 0.05) is 30.8 Å². The van der Waals surface area contributed by atoms with Gasteiger partial charge in [0.25, 0.3) is 11.5 Å². The predicted octanol–water partition coefficient (Wildman–Crippen LogP) is -4.39. The molecular weight excluding hydrogens is 937 g/mol. The fraction of sp³-hybridized carbons (Fsp3) is 0.463. The van der Waals surface area contributed by atoms with Crippen molar-refractivity contribution in [2.75, 3.05) is 30.7 Å². The van der Waals surface area contributed by atoms with E-state index in [4.69, 9.17) is 34.4 Å². The summed E-state index contributed by atoms with van der Waals surface area (Å²) in [4.78, 5) is 138. The van der Waals surface area contributed by atoms with Crippen LogP contribution >= 0.6 is 0 Å². The van der Waals surface area contributed by atoms with E-state index in [1.165, 1.54) is 30.5 Å². The molecule has 0 saturated heterocycles. The van der Waals surface area contributed by atoms with Crippen LogP contribution in [0.1, 0.15) is 80.3 Å². The first kappa shape index (κ1) is 56.6. The average molecular weight is 997 g/mol. The molecular formula is C41H60N18O12. The van der Waals surface area contributed by atoms with Crippen LogP contribution in [0.25, 0.3) is 11.2 Å². The summed E-state index contributed by atoms with van der Waals surface area (Å²) in [6.07, 6.45) is 0.0173. The number of carboxylic acids is 3. The van der Waals surface area contributed by atoms with Gasteiger partial charge in [0.05, 0.1) is 24.9 Å². The number of aromatic amines is 1. The number of amides is 5. The van der Waals surface area contributed by atoms with Crippen molar-refractivity contribution in [3.8, 4) is 0 Å². The van der Waals surface area contributed by atoms with Crippen LogP contribution in [-0.4, -0.2) is 144 Å². The molecule has 0 spiro atoms. The van der Waals surface area contributed by atoms with Crippen LogP contribution in [-0.2, 0) is 40.1 Å². The number of H-pyrrole nitrogens is 1. The summed E-state index contributed by atoms with van der Waals surface area (Å²) < 4.78 is 0. The Labute approximate surface area is 404 Å². The fourth-order valence-corrected chi connectivity index (χ4v) is 6.52. The zero-order valence-electron chi connectivity index (χ0n) is 38.4. The van der Waals surface area contributed by atoms with Gasteiger partial charge in [-0.15, -0.1) is 0 Å². The maximum absolute atomic E-state index is 13.8. The molecule has 0 aliphatic carbocycles. The minimum absolute atomic E-state index is 0.0184. The highest BCUT2D eigenvalue weighted by Crippen LogP contribution is 2.13. The third-order valence-corrected chi connectivity index (χ3v) is 10.1. The Bertz CT molecular complexity index is 2480. The van der Waals surface area contributed by atoms with Gasteiger partial charge < -0.3 is 81.6 Å². The van der Waals surface area contributed by atoms with Crippen molar-refractivity contribution < 1.29 is 53.7 Å². The Morgan fingerprint density at radius 1 is 0.662 bits per heavy atom. The van der Waals surface area contributed by atoms with Gasteiger partial charge >= 0.3 is 17.9 Å². The summed E-state index contributed by atoms with van der Waals surface area (Å²) in [7, 11) is 0. The molecule has 3 rings (SSSR count). The van der Waals surface area contributed by atoms with E-state index in [9.17, 15) is 58.5 Å². The maximum atomic E-state index is 13.8. The highest BCUT2D eigenvalue weighted by molar-refractivity contribution is 5.98. The van der Waals surface area contributed by atoms with Gasteiger partial charge in [-0.1, -0.05) is 0 Å². The Hall–Kier alpha value is -8.70. The number of nitrogens with two attached hydrogens (primary N) is 6. The first-order valence-corrected chi connectivity index (χ1v) is 22.0. The second-order valence-electron chi connectivity index (χ2n) is 15.7. The van der Waals surface area contributed by atoms with Gasteiger partial charge in [-0.2, -0.15) is 4.98 Å².